The number of carbonyl (C=O) groups excluding carboxylic acids is 2. The summed E-state index contributed by atoms with van der Waals surface area (Å²) in [5, 5.41) is 8.48. The topological polar surface area (TPSA) is 83.1 Å². The molecule has 116 valence electrons. The van der Waals surface area contributed by atoms with E-state index in [0.717, 1.165) is 18.8 Å². The van der Waals surface area contributed by atoms with Gasteiger partial charge in [0.2, 0.25) is 5.91 Å². The van der Waals surface area contributed by atoms with Crippen molar-refractivity contribution in [3.8, 4) is 0 Å². The van der Waals surface area contributed by atoms with Crippen molar-refractivity contribution >= 4 is 17.6 Å². The summed E-state index contributed by atoms with van der Waals surface area (Å²) < 4.78 is 0. The van der Waals surface area contributed by atoms with Crippen molar-refractivity contribution in [3.63, 3.8) is 0 Å². The van der Waals surface area contributed by atoms with E-state index in [2.05, 4.69) is 27.9 Å². The first-order chi connectivity index (χ1) is 9.81. The summed E-state index contributed by atoms with van der Waals surface area (Å²) in [6.07, 6.45) is 2.50. The van der Waals surface area contributed by atoms with E-state index < -0.39 is 0 Å². The smallest absolute Gasteiger partial charge is 0.253 e. The van der Waals surface area contributed by atoms with Gasteiger partial charge in [-0.25, -0.2) is 4.98 Å². The Morgan fingerprint density at radius 2 is 1.95 bits per heavy atom. The van der Waals surface area contributed by atoms with Gasteiger partial charge in [0.1, 0.15) is 5.82 Å². The van der Waals surface area contributed by atoms with Crippen LogP contribution in [0.2, 0.25) is 0 Å². The second kappa shape index (κ2) is 7.61. The number of amides is 2. The Balaban J connectivity index is 2.47. The maximum atomic E-state index is 11.9. The number of nitrogens with one attached hydrogen (secondary N) is 3. The van der Waals surface area contributed by atoms with E-state index in [0.29, 0.717) is 5.56 Å². The van der Waals surface area contributed by atoms with Crippen LogP contribution in [-0.4, -0.2) is 35.4 Å². The summed E-state index contributed by atoms with van der Waals surface area (Å²) in [6, 6.07) is 3.43. The quantitative estimate of drug-likeness (QED) is 0.743. The molecule has 1 aromatic rings. The number of hydrogen-bond acceptors (Lipinski definition) is 4. The molecule has 0 radical (unpaired) electrons. The second-order valence-corrected chi connectivity index (χ2v) is 5.84. The molecule has 1 rings (SSSR count). The van der Waals surface area contributed by atoms with Gasteiger partial charge in [-0.3, -0.25) is 9.59 Å². The van der Waals surface area contributed by atoms with E-state index in [4.69, 9.17) is 0 Å². The molecular formula is C15H24N4O2. The molecule has 0 aliphatic heterocycles. The number of anilines is 1. The highest BCUT2D eigenvalue weighted by molar-refractivity contribution is 5.96. The summed E-state index contributed by atoms with van der Waals surface area (Å²) in [4.78, 5) is 27.7. The van der Waals surface area contributed by atoms with E-state index in [1.807, 2.05) is 20.8 Å². The first kappa shape index (κ1) is 16.9. The van der Waals surface area contributed by atoms with Crippen LogP contribution in [0, 0.1) is 0 Å². The molecule has 0 bridgehead atoms. The van der Waals surface area contributed by atoms with Crippen molar-refractivity contribution in [1.29, 1.82) is 0 Å². The average molecular weight is 292 g/mol. The normalized spacial score (nSPS) is 10.9. The van der Waals surface area contributed by atoms with Crippen LogP contribution in [0.4, 0.5) is 5.82 Å². The van der Waals surface area contributed by atoms with Crippen LogP contribution in [0.5, 0.6) is 0 Å². The van der Waals surface area contributed by atoms with E-state index in [-0.39, 0.29) is 23.9 Å². The second-order valence-electron chi connectivity index (χ2n) is 5.84. The van der Waals surface area contributed by atoms with Crippen LogP contribution >= 0.6 is 0 Å². The van der Waals surface area contributed by atoms with E-state index in [1.54, 1.807) is 12.1 Å². The molecule has 0 unspecified atom stereocenters. The van der Waals surface area contributed by atoms with Gasteiger partial charge in [0.15, 0.2) is 0 Å². The number of nitrogens with zero attached hydrogens (tertiary/aromatic N) is 1. The van der Waals surface area contributed by atoms with Gasteiger partial charge in [0.05, 0.1) is 12.1 Å². The molecule has 6 nitrogen and oxygen atoms in total. The highest BCUT2D eigenvalue weighted by Crippen LogP contribution is 2.05. The van der Waals surface area contributed by atoms with Crippen molar-refractivity contribution in [2.75, 3.05) is 18.4 Å². The summed E-state index contributed by atoms with van der Waals surface area (Å²) in [5.74, 6) is 0.206. The summed E-state index contributed by atoms with van der Waals surface area (Å²) in [5.41, 5.74) is 0.122. The molecule has 0 fully saturated rings. The number of carbonyl (C=O) groups is 2. The lowest BCUT2D eigenvalue weighted by Gasteiger charge is -2.20. The maximum absolute atomic E-state index is 11.9. The molecule has 0 saturated heterocycles. The SMILES string of the molecule is CCCNc1ccc(C(=O)NCC(=O)NC(C)(C)C)cn1. The Morgan fingerprint density at radius 1 is 1.24 bits per heavy atom. The van der Waals surface area contributed by atoms with Gasteiger partial charge >= 0.3 is 0 Å². The van der Waals surface area contributed by atoms with Crippen molar-refractivity contribution in [1.82, 2.24) is 15.6 Å². The predicted octanol–water partition coefficient (Wildman–Crippen LogP) is 1.55. The van der Waals surface area contributed by atoms with Crippen molar-refractivity contribution in [2.24, 2.45) is 0 Å². The molecule has 0 atom stereocenters. The first-order valence-corrected chi connectivity index (χ1v) is 7.11. The van der Waals surface area contributed by atoms with Gasteiger partial charge < -0.3 is 16.0 Å². The minimum absolute atomic E-state index is 0.0497. The molecule has 0 spiro atoms. The molecule has 21 heavy (non-hydrogen) atoms. The van der Waals surface area contributed by atoms with Gasteiger partial charge in [0, 0.05) is 18.3 Å². The fourth-order valence-electron chi connectivity index (χ4n) is 1.61. The third-order valence-corrected chi connectivity index (χ3v) is 2.51. The third-order valence-electron chi connectivity index (χ3n) is 2.51. The third kappa shape index (κ3) is 6.74. The predicted molar refractivity (Wildman–Crippen MR) is 83.2 cm³/mol. The zero-order valence-corrected chi connectivity index (χ0v) is 13.1. The van der Waals surface area contributed by atoms with E-state index in [9.17, 15) is 9.59 Å². The molecule has 6 heteroatoms. The van der Waals surface area contributed by atoms with Crippen molar-refractivity contribution in [3.05, 3.63) is 23.9 Å². The van der Waals surface area contributed by atoms with Crippen molar-refractivity contribution < 1.29 is 9.59 Å². The van der Waals surface area contributed by atoms with Crippen molar-refractivity contribution in [2.45, 2.75) is 39.7 Å². The van der Waals surface area contributed by atoms with E-state index >= 15 is 0 Å². The fraction of sp³-hybridized carbons (Fsp3) is 0.533. The lowest BCUT2D eigenvalue weighted by molar-refractivity contribution is -0.121. The van der Waals surface area contributed by atoms with Gasteiger partial charge in [-0.05, 0) is 39.3 Å². The highest BCUT2D eigenvalue weighted by Gasteiger charge is 2.14. The molecule has 0 aliphatic carbocycles. The van der Waals surface area contributed by atoms with E-state index in [1.165, 1.54) is 6.20 Å². The summed E-state index contributed by atoms with van der Waals surface area (Å²) >= 11 is 0. The lowest BCUT2D eigenvalue weighted by Crippen LogP contribution is -2.45. The van der Waals surface area contributed by atoms with Crippen LogP contribution in [-0.2, 0) is 4.79 Å². The minimum Gasteiger partial charge on any atom is -0.370 e. The molecule has 1 aromatic heterocycles. The Labute approximate surface area is 125 Å². The number of pyridine rings is 1. The number of rotatable bonds is 6. The van der Waals surface area contributed by atoms with Gasteiger partial charge in [-0.2, -0.15) is 0 Å². The molecule has 0 saturated carbocycles. The average Bonchev–Trinajstić information content (AvgIpc) is 2.41. The Kier molecular flexibility index (Phi) is 6.14. The zero-order chi connectivity index (χ0) is 15.9. The maximum Gasteiger partial charge on any atom is 0.253 e. The Bertz CT molecular complexity index is 477. The largest absolute Gasteiger partial charge is 0.370 e. The first-order valence-electron chi connectivity index (χ1n) is 7.11. The highest BCUT2D eigenvalue weighted by atomic mass is 16.2. The number of aromatic nitrogens is 1. The minimum atomic E-state index is -0.311. The summed E-state index contributed by atoms with van der Waals surface area (Å²) in [7, 11) is 0. The van der Waals surface area contributed by atoms with Gasteiger partial charge in [-0.1, -0.05) is 6.92 Å². The molecule has 0 aliphatic rings. The molecular weight excluding hydrogens is 268 g/mol. The molecule has 2 amide bonds. The van der Waals surface area contributed by atoms with Crippen LogP contribution in [0.3, 0.4) is 0 Å². The van der Waals surface area contributed by atoms with Crippen LogP contribution in [0.15, 0.2) is 18.3 Å². The van der Waals surface area contributed by atoms with Gasteiger partial charge in [-0.15, -0.1) is 0 Å². The number of hydrogen-bond donors (Lipinski definition) is 3. The van der Waals surface area contributed by atoms with Crippen LogP contribution < -0.4 is 16.0 Å². The van der Waals surface area contributed by atoms with Gasteiger partial charge in [0.25, 0.3) is 5.91 Å². The van der Waals surface area contributed by atoms with Crippen LogP contribution in [0.25, 0.3) is 0 Å². The zero-order valence-electron chi connectivity index (χ0n) is 13.1. The lowest BCUT2D eigenvalue weighted by atomic mass is 10.1. The molecule has 1 heterocycles. The summed E-state index contributed by atoms with van der Waals surface area (Å²) in [6.45, 7) is 8.52. The molecule has 0 aromatic carbocycles. The monoisotopic (exact) mass is 292 g/mol. The molecule has 3 N–H and O–H groups in total. The standard InChI is InChI=1S/C15H24N4O2/c1-5-8-16-12-7-6-11(9-17-12)14(21)18-10-13(20)19-15(2,3)4/h6-7,9H,5,8,10H2,1-4H3,(H,16,17)(H,18,21)(H,19,20). The fourth-order valence-corrected chi connectivity index (χ4v) is 1.61. The Morgan fingerprint density at radius 3 is 2.48 bits per heavy atom. The Hall–Kier alpha value is -2.11. The van der Waals surface area contributed by atoms with Crippen LogP contribution in [0.1, 0.15) is 44.5 Å².